The average molecular weight is 146 g/mol. The molecule has 0 aromatic carbocycles. The van der Waals surface area contributed by atoms with Crippen molar-refractivity contribution >= 4 is 6.21 Å². The first-order chi connectivity index (χ1) is 4.85. The molecule has 3 nitrogen and oxygen atoms in total. The lowest BCUT2D eigenvalue weighted by atomic mass is 10.3. The van der Waals surface area contributed by atoms with E-state index in [2.05, 4.69) is 5.32 Å². The Balaban J connectivity index is 3.53. The Hall–Kier alpha value is -0.900. The molecule has 0 amide bonds. The predicted octanol–water partition coefficient (Wildman–Crippen LogP) is 0.0713. The van der Waals surface area contributed by atoms with Crippen molar-refractivity contribution in [1.82, 2.24) is 5.32 Å². The first kappa shape index (κ1) is 9.10. The Bertz CT molecular complexity index is 125. The van der Waals surface area contributed by atoms with E-state index in [1.54, 1.807) is 0 Å². The number of aliphatic hydroxyl groups excluding tert-OH is 1. The molecular weight excluding hydrogens is 135 g/mol. The fraction of sp³-hybridized carbons (Fsp3) is 0.500. The minimum Gasteiger partial charge on any atom is -0.392 e. The Morgan fingerprint density at radius 3 is 2.80 bits per heavy atom. The number of hydrogen-bond donors (Lipinski definition) is 3. The molecule has 0 heterocycles. The summed E-state index contributed by atoms with van der Waals surface area (Å²) in [5.41, 5.74) is 0.438. The molecule has 0 aromatic heterocycles. The number of rotatable bonds is 5. The fourth-order valence-corrected chi connectivity index (χ4v) is 0.391. The van der Waals surface area contributed by atoms with Crippen LogP contribution in [0.15, 0.2) is 11.8 Å². The van der Waals surface area contributed by atoms with Crippen LogP contribution in [0.2, 0.25) is 0 Å². The van der Waals surface area contributed by atoms with Crippen molar-refractivity contribution in [3.05, 3.63) is 11.8 Å². The standard InChI is InChI=1S/C6H11FN2O/c7-1-2-9-4-6(3-8)5-10/h3-4,8-10H,1-2,5H2/b6-4+,8-3?. The van der Waals surface area contributed by atoms with Crippen LogP contribution in [0.1, 0.15) is 0 Å². The summed E-state index contributed by atoms with van der Waals surface area (Å²) in [6, 6.07) is 0. The summed E-state index contributed by atoms with van der Waals surface area (Å²) in [5, 5.41) is 17.8. The summed E-state index contributed by atoms with van der Waals surface area (Å²) in [6.07, 6.45) is 2.44. The quantitative estimate of drug-likeness (QED) is 0.380. The number of nitrogens with one attached hydrogen (secondary N) is 2. The Morgan fingerprint density at radius 2 is 2.40 bits per heavy atom. The molecule has 0 aliphatic rings. The Kier molecular flexibility index (Phi) is 5.66. The Labute approximate surface area is 59.1 Å². The van der Waals surface area contributed by atoms with Gasteiger partial charge in [-0.05, 0) is 0 Å². The molecule has 0 aliphatic heterocycles. The zero-order chi connectivity index (χ0) is 7.82. The number of aliphatic hydroxyl groups is 1. The lowest BCUT2D eigenvalue weighted by Crippen LogP contribution is -2.10. The van der Waals surface area contributed by atoms with Gasteiger partial charge in [0.05, 0.1) is 6.61 Å². The topological polar surface area (TPSA) is 56.1 Å². The SMILES string of the molecule is N=C/C(=C\NCCF)CO. The first-order valence-electron chi connectivity index (χ1n) is 2.95. The molecule has 0 saturated carbocycles. The second kappa shape index (κ2) is 6.22. The van der Waals surface area contributed by atoms with Gasteiger partial charge in [0, 0.05) is 24.5 Å². The number of alkyl halides is 1. The second-order valence-corrected chi connectivity index (χ2v) is 1.66. The van der Waals surface area contributed by atoms with Crippen molar-refractivity contribution < 1.29 is 9.50 Å². The molecule has 58 valence electrons. The van der Waals surface area contributed by atoms with Crippen molar-refractivity contribution in [3.63, 3.8) is 0 Å². The van der Waals surface area contributed by atoms with E-state index in [1.807, 2.05) is 0 Å². The van der Waals surface area contributed by atoms with E-state index in [1.165, 1.54) is 6.20 Å². The molecule has 0 atom stereocenters. The van der Waals surface area contributed by atoms with Gasteiger partial charge in [-0.15, -0.1) is 0 Å². The fourth-order valence-electron chi connectivity index (χ4n) is 0.391. The highest BCUT2D eigenvalue weighted by molar-refractivity contribution is 5.75. The summed E-state index contributed by atoms with van der Waals surface area (Å²) < 4.78 is 11.4. The molecule has 4 heteroatoms. The summed E-state index contributed by atoms with van der Waals surface area (Å²) in [7, 11) is 0. The van der Waals surface area contributed by atoms with Crippen LogP contribution in [0.25, 0.3) is 0 Å². The smallest absolute Gasteiger partial charge is 0.107 e. The van der Waals surface area contributed by atoms with Gasteiger partial charge in [0.15, 0.2) is 0 Å². The average Bonchev–Trinajstić information content (AvgIpc) is 1.99. The van der Waals surface area contributed by atoms with E-state index in [9.17, 15) is 4.39 Å². The predicted molar refractivity (Wildman–Crippen MR) is 37.9 cm³/mol. The van der Waals surface area contributed by atoms with E-state index in [4.69, 9.17) is 10.5 Å². The maximum Gasteiger partial charge on any atom is 0.107 e. The van der Waals surface area contributed by atoms with Crippen LogP contribution in [0.3, 0.4) is 0 Å². The summed E-state index contributed by atoms with van der Waals surface area (Å²) in [4.78, 5) is 0. The highest BCUT2D eigenvalue weighted by Crippen LogP contribution is 1.82. The van der Waals surface area contributed by atoms with Gasteiger partial charge in [-0.25, -0.2) is 4.39 Å². The van der Waals surface area contributed by atoms with E-state index in [-0.39, 0.29) is 13.2 Å². The van der Waals surface area contributed by atoms with Gasteiger partial charge in [0.2, 0.25) is 0 Å². The largest absolute Gasteiger partial charge is 0.392 e. The van der Waals surface area contributed by atoms with E-state index in [0.29, 0.717) is 5.57 Å². The molecule has 0 saturated heterocycles. The molecule has 0 aliphatic carbocycles. The van der Waals surface area contributed by atoms with E-state index in [0.717, 1.165) is 6.21 Å². The van der Waals surface area contributed by atoms with Gasteiger partial charge >= 0.3 is 0 Å². The highest BCUT2D eigenvalue weighted by Gasteiger charge is 1.86. The number of halogens is 1. The minimum absolute atomic E-state index is 0.192. The normalized spacial score (nSPS) is 11.2. The van der Waals surface area contributed by atoms with Crippen LogP contribution in [-0.4, -0.2) is 31.1 Å². The molecular formula is C6H11FN2O. The molecule has 0 unspecified atom stereocenters. The van der Waals surface area contributed by atoms with Crippen LogP contribution >= 0.6 is 0 Å². The molecule has 0 spiro atoms. The maximum atomic E-state index is 11.4. The van der Waals surface area contributed by atoms with Crippen LogP contribution in [0.5, 0.6) is 0 Å². The van der Waals surface area contributed by atoms with Gasteiger partial charge in [0.25, 0.3) is 0 Å². The zero-order valence-electron chi connectivity index (χ0n) is 5.60. The molecule has 0 aromatic rings. The third-order valence-electron chi connectivity index (χ3n) is 0.894. The van der Waals surface area contributed by atoms with Crippen molar-refractivity contribution in [2.75, 3.05) is 19.8 Å². The third kappa shape index (κ3) is 4.03. The molecule has 0 bridgehead atoms. The third-order valence-corrected chi connectivity index (χ3v) is 0.894. The summed E-state index contributed by atoms with van der Waals surface area (Å²) >= 11 is 0. The monoisotopic (exact) mass is 146 g/mol. The maximum absolute atomic E-state index is 11.4. The molecule has 0 rings (SSSR count). The molecule has 0 fully saturated rings. The molecule has 10 heavy (non-hydrogen) atoms. The van der Waals surface area contributed by atoms with Crippen LogP contribution < -0.4 is 5.32 Å². The zero-order valence-corrected chi connectivity index (χ0v) is 5.60. The second-order valence-electron chi connectivity index (χ2n) is 1.66. The van der Waals surface area contributed by atoms with Gasteiger partial charge < -0.3 is 15.8 Å². The summed E-state index contributed by atoms with van der Waals surface area (Å²) in [5.74, 6) is 0. The highest BCUT2D eigenvalue weighted by atomic mass is 19.1. The van der Waals surface area contributed by atoms with Crippen molar-refractivity contribution in [3.8, 4) is 0 Å². The molecule has 0 radical (unpaired) electrons. The van der Waals surface area contributed by atoms with Crippen LogP contribution in [-0.2, 0) is 0 Å². The lowest BCUT2D eigenvalue weighted by molar-refractivity contribution is 0.336. The van der Waals surface area contributed by atoms with Gasteiger partial charge in [-0.3, -0.25) is 0 Å². The van der Waals surface area contributed by atoms with E-state index >= 15 is 0 Å². The van der Waals surface area contributed by atoms with Gasteiger partial charge in [0.1, 0.15) is 6.67 Å². The number of hydrogen-bond acceptors (Lipinski definition) is 3. The van der Waals surface area contributed by atoms with Crippen LogP contribution in [0, 0.1) is 5.41 Å². The van der Waals surface area contributed by atoms with Gasteiger partial charge in [-0.2, -0.15) is 0 Å². The van der Waals surface area contributed by atoms with Crippen LogP contribution in [0.4, 0.5) is 4.39 Å². The molecule has 3 N–H and O–H groups in total. The lowest BCUT2D eigenvalue weighted by Gasteiger charge is -1.96. The van der Waals surface area contributed by atoms with Crippen molar-refractivity contribution in [2.45, 2.75) is 0 Å². The summed E-state index contributed by atoms with van der Waals surface area (Å²) in [6.45, 7) is -0.423. The van der Waals surface area contributed by atoms with Crippen molar-refractivity contribution in [2.24, 2.45) is 0 Å². The Morgan fingerprint density at radius 1 is 1.70 bits per heavy atom. The van der Waals surface area contributed by atoms with Gasteiger partial charge in [-0.1, -0.05) is 0 Å². The van der Waals surface area contributed by atoms with Crippen molar-refractivity contribution in [1.29, 1.82) is 5.41 Å². The van der Waals surface area contributed by atoms with E-state index < -0.39 is 6.67 Å². The first-order valence-corrected chi connectivity index (χ1v) is 2.95. The minimum atomic E-state index is -0.451.